The SMILES string of the molecule is CNC(=O)CO/N=C1\C[C@@H](C(N)=O)N2C[C@@H]1N(O)C2=O.O=S(=O)(O)O. The number of primary amides is 1. The van der Waals surface area contributed by atoms with Crippen LogP contribution in [0.25, 0.3) is 0 Å². The van der Waals surface area contributed by atoms with Gasteiger partial charge in [0, 0.05) is 13.5 Å². The van der Waals surface area contributed by atoms with E-state index in [1.54, 1.807) is 0 Å². The van der Waals surface area contributed by atoms with Gasteiger partial charge in [-0.05, 0) is 0 Å². The van der Waals surface area contributed by atoms with Crippen LogP contribution in [0.1, 0.15) is 6.42 Å². The van der Waals surface area contributed by atoms with Gasteiger partial charge in [-0.15, -0.1) is 0 Å². The van der Waals surface area contributed by atoms with Gasteiger partial charge in [-0.1, -0.05) is 5.16 Å². The van der Waals surface area contributed by atoms with Crippen molar-refractivity contribution in [3.8, 4) is 0 Å². The monoisotopic (exact) mass is 383 g/mol. The summed E-state index contributed by atoms with van der Waals surface area (Å²) in [5, 5.41) is 16.2. The molecule has 2 rings (SSSR count). The number of oxime groups is 1. The smallest absolute Gasteiger partial charge is 0.386 e. The predicted molar refractivity (Wildman–Crippen MR) is 78.7 cm³/mol. The van der Waals surface area contributed by atoms with Crippen LogP contribution in [0.3, 0.4) is 0 Å². The lowest BCUT2D eigenvalue weighted by Gasteiger charge is -2.28. The molecule has 14 nitrogen and oxygen atoms in total. The highest BCUT2D eigenvalue weighted by atomic mass is 32.3. The molecular formula is C10H17N5O9S. The molecular weight excluding hydrogens is 366 g/mol. The fourth-order valence-electron chi connectivity index (χ4n) is 2.16. The van der Waals surface area contributed by atoms with E-state index >= 15 is 0 Å². The van der Waals surface area contributed by atoms with Crippen LogP contribution < -0.4 is 11.1 Å². The van der Waals surface area contributed by atoms with Gasteiger partial charge in [0.1, 0.15) is 12.1 Å². The first kappa shape index (κ1) is 20.6. The number of nitrogens with two attached hydrogens (primary N) is 1. The molecule has 2 aliphatic heterocycles. The predicted octanol–water partition coefficient (Wildman–Crippen LogP) is -2.79. The zero-order chi connectivity index (χ0) is 19.4. The third-order valence-corrected chi connectivity index (χ3v) is 3.25. The molecule has 25 heavy (non-hydrogen) atoms. The number of carbonyl (C=O) groups is 3. The minimum atomic E-state index is -4.67. The van der Waals surface area contributed by atoms with Gasteiger partial charge in [0.05, 0.1) is 12.3 Å². The maximum Gasteiger partial charge on any atom is 0.394 e. The van der Waals surface area contributed by atoms with E-state index in [1.807, 2.05) is 0 Å². The van der Waals surface area contributed by atoms with E-state index in [1.165, 1.54) is 11.9 Å². The van der Waals surface area contributed by atoms with Crippen molar-refractivity contribution in [3.05, 3.63) is 0 Å². The van der Waals surface area contributed by atoms with E-state index < -0.39 is 34.4 Å². The number of fused-ring (bicyclic) bond motifs is 2. The molecule has 2 heterocycles. The van der Waals surface area contributed by atoms with E-state index in [4.69, 9.17) is 28.1 Å². The summed E-state index contributed by atoms with van der Waals surface area (Å²) in [6, 6.07) is -2.27. The number of hydrogen-bond donors (Lipinski definition) is 5. The summed E-state index contributed by atoms with van der Waals surface area (Å²) in [5.41, 5.74) is 5.52. The summed E-state index contributed by atoms with van der Waals surface area (Å²) in [6.07, 6.45) is 0.0660. The van der Waals surface area contributed by atoms with E-state index in [-0.39, 0.29) is 25.5 Å². The third kappa shape index (κ3) is 5.82. The molecule has 0 aliphatic carbocycles. The number of likely N-dealkylation sites (N-methyl/N-ethyl adjacent to an activating group) is 1. The maximum atomic E-state index is 11.7. The summed E-state index contributed by atoms with van der Waals surface area (Å²) < 4.78 is 31.6. The van der Waals surface area contributed by atoms with E-state index in [0.29, 0.717) is 10.8 Å². The summed E-state index contributed by atoms with van der Waals surface area (Å²) in [5.74, 6) is -1.06. The lowest BCUT2D eigenvalue weighted by molar-refractivity contribution is -0.125. The maximum absolute atomic E-state index is 11.7. The average Bonchev–Trinajstić information content (AvgIpc) is 2.73. The lowest BCUT2D eigenvalue weighted by atomic mass is 9.98. The van der Waals surface area contributed by atoms with Crippen molar-refractivity contribution in [2.75, 3.05) is 20.2 Å². The summed E-state index contributed by atoms with van der Waals surface area (Å²) in [4.78, 5) is 40.1. The highest BCUT2D eigenvalue weighted by molar-refractivity contribution is 7.79. The molecule has 2 fully saturated rings. The molecule has 2 aliphatic rings. The van der Waals surface area contributed by atoms with Gasteiger partial charge in [-0.3, -0.25) is 23.9 Å². The highest BCUT2D eigenvalue weighted by Gasteiger charge is 2.50. The number of piperidine rings is 1. The molecule has 0 spiro atoms. The second-order valence-corrected chi connectivity index (χ2v) is 5.79. The summed E-state index contributed by atoms with van der Waals surface area (Å²) >= 11 is 0. The molecule has 2 saturated heterocycles. The van der Waals surface area contributed by atoms with Crippen LogP contribution in [-0.4, -0.2) is 88.5 Å². The van der Waals surface area contributed by atoms with Crippen LogP contribution in [0.4, 0.5) is 4.79 Å². The van der Waals surface area contributed by atoms with Crippen molar-refractivity contribution in [3.63, 3.8) is 0 Å². The lowest BCUT2D eigenvalue weighted by Crippen LogP contribution is -2.51. The number of hydrogen-bond acceptors (Lipinski definition) is 8. The van der Waals surface area contributed by atoms with Crippen molar-refractivity contribution in [2.45, 2.75) is 18.5 Å². The number of amides is 4. The number of nitrogens with zero attached hydrogens (tertiary/aromatic N) is 3. The molecule has 0 radical (unpaired) electrons. The molecule has 6 N–H and O–H groups in total. The van der Waals surface area contributed by atoms with Crippen LogP contribution in [0.2, 0.25) is 0 Å². The molecule has 2 bridgehead atoms. The van der Waals surface area contributed by atoms with Gasteiger partial charge in [-0.25, -0.2) is 4.79 Å². The van der Waals surface area contributed by atoms with Crippen molar-refractivity contribution in [1.82, 2.24) is 15.3 Å². The fraction of sp³-hybridized carbons (Fsp3) is 0.600. The first-order valence-electron chi connectivity index (χ1n) is 6.63. The van der Waals surface area contributed by atoms with Gasteiger partial charge in [0.25, 0.3) is 5.91 Å². The standard InChI is InChI=1S/C10H15N5O5.H2O4S/c1-12-8(16)4-20-13-5-2-6(9(11)17)14-3-7(5)15(19)10(14)18;1-5(2,3)4/h6-7,19H,2-4H2,1H3,(H2,11,17)(H,12,16);(H2,1,2,3,4)/b13-5+;/t6-,7-;/m0./s1. The Morgan fingerprint density at radius 1 is 1.44 bits per heavy atom. The van der Waals surface area contributed by atoms with Crippen molar-refractivity contribution < 1.29 is 42.0 Å². The molecule has 2 atom stereocenters. The second kappa shape index (κ2) is 8.06. The van der Waals surface area contributed by atoms with E-state index in [2.05, 4.69) is 10.5 Å². The highest BCUT2D eigenvalue weighted by Crippen LogP contribution is 2.27. The molecule has 0 aromatic carbocycles. The molecule has 0 aromatic rings. The van der Waals surface area contributed by atoms with Gasteiger partial charge in [-0.2, -0.15) is 13.5 Å². The Balaban J connectivity index is 0.000000550. The van der Waals surface area contributed by atoms with Crippen molar-refractivity contribution in [1.29, 1.82) is 0 Å². The minimum Gasteiger partial charge on any atom is -0.386 e. The van der Waals surface area contributed by atoms with Crippen molar-refractivity contribution >= 4 is 34.0 Å². The molecule has 142 valence electrons. The Hall–Kier alpha value is -2.49. The number of rotatable bonds is 4. The average molecular weight is 383 g/mol. The van der Waals surface area contributed by atoms with E-state index in [9.17, 15) is 19.6 Å². The van der Waals surface area contributed by atoms with E-state index in [0.717, 1.165) is 0 Å². The molecule has 15 heteroatoms. The Labute approximate surface area is 141 Å². The van der Waals surface area contributed by atoms with Crippen LogP contribution in [-0.2, 0) is 24.8 Å². The number of carbonyl (C=O) groups excluding carboxylic acids is 3. The van der Waals surface area contributed by atoms with Crippen LogP contribution in [0.5, 0.6) is 0 Å². The second-order valence-electron chi connectivity index (χ2n) is 4.89. The summed E-state index contributed by atoms with van der Waals surface area (Å²) in [7, 11) is -3.22. The Morgan fingerprint density at radius 2 is 2.00 bits per heavy atom. The van der Waals surface area contributed by atoms with Crippen LogP contribution in [0.15, 0.2) is 5.16 Å². The number of hydroxylamine groups is 2. The fourth-order valence-corrected chi connectivity index (χ4v) is 2.16. The van der Waals surface area contributed by atoms with Gasteiger partial charge < -0.3 is 20.8 Å². The first-order valence-corrected chi connectivity index (χ1v) is 8.02. The van der Waals surface area contributed by atoms with Crippen molar-refractivity contribution in [2.24, 2.45) is 10.9 Å². The zero-order valence-electron chi connectivity index (χ0n) is 12.9. The molecule has 0 saturated carbocycles. The Bertz CT molecular complexity index is 670. The number of nitrogens with one attached hydrogen (secondary N) is 1. The quantitative estimate of drug-likeness (QED) is 0.192. The topological polar surface area (TPSA) is 212 Å². The van der Waals surface area contributed by atoms with Crippen LogP contribution in [0, 0.1) is 0 Å². The Kier molecular flexibility index (Phi) is 6.63. The molecule has 4 amide bonds. The zero-order valence-corrected chi connectivity index (χ0v) is 13.7. The minimum absolute atomic E-state index is 0.0660. The largest absolute Gasteiger partial charge is 0.394 e. The molecule has 0 unspecified atom stereocenters. The number of urea groups is 1. The summed E-state index contributed by atoms with van der Waals surface area (Å²) in [6.45, 7) is -0.192. The van der Waals surface area contributed by atoms with Gasteiger partial charge in [0.15, 0.2) is 6.61 Å². The molecule has 0 aromatic heterocycles. The Morgan fingerprint density at radius 3 is 2.48 bits per heavy atom. The third-order valence-electron chi connectivity index (χ3n) is 3.25. The van der Waals surface area contributed by atoms with Gasteiger partial charge >= 0.3 is 16.4 Å². The van der Waals surface area contributed by atoms with Crippen LogP contribution >= 0.6 is 0 Å². The first-order chi connectivity index (χ1) is 11.5. The van der Waals surface area contributed by atoms with Gasteiger partial charge in [0.2, 0.25) is 5.91 Å². The normalized spacial score (nSPS) is 23.8.